The summed E-state index contributed by atoms with van der Waals surface area (Å²) in [5, 5.41) is 2.91. The van der Waals surface area contributed by atoms with Crippen molar-refractivity contribution in [3.8, 4) is 0 Å². The van der Waals surface area contributed by atoms with E-state index in [0.29, 0.717) is 31.7 Å². The van der Waals surface area contributed by atoms with Gasteiger partial charge in [-0.15, -0.1) is 11.3 Å². The summed E-state index contributed by atoms with van der Waals surface area (Å²) >= 11 is 3.44. The highest BCUT2D eigenvalue weighted by Gasteiger charge is 2.23. The predicted molar refractivity (Wildman–Crippen MR) is 131 cm³/mol. The Bertz CT molecular complexity index is 1030. The number of carbonyl (C=O) groups excluding carboxylic acids is 2. The first-order valence-electron chi connectivity index (χ1n) is 11.0. The molecule has 32 heavy (non-hydrogen) atoms. The zero-order valence-corrected chi connectivity index (χ0v) is 19.9. The Labute approximate surface area is 197 Å². The number of rotatable bonds is 8. The zero-order chi connectivity index (χ0) is 22.3. The van der Waals surface area contributed by atoms with E-state index in [1.807, 2.05) is 54.3 Å². The van der Waals surface area contributed by atoms with Gasteiger partial charge in [0, 0.05) is 44.0 Å². The van der Waals surface area contributed by atoms with Crippen molar-refractivity contribution >= 4 is 45.1 Å². The molecule has 0 radical (unpaired) electrons. The van der Waals surface area contributed by atoms with Crippen molar-refractivity contribution in [2.24, 2.45) is 0 Å². The second-order valence-electron chi connectivity index (χ2n) is 7.85. The Hall–Kier alpha value is -2.42. The van der Waals surface area contributed by atoms with Crippen LogP contribution in [0, 0.1) is 0 Å². The van der Waals surface area contributed by atoms with Crippen molar-refractivity contribution < 1.29 is 9.59 Å². The number of piperazine rings is 1. The molecule has 1 aromatic heterocycles. The maximum atomic E-state index is 12.9. The van der Waals surface area contributed by atoms with Crippen LogP contribution in [-0.4, -0.2) is 65.9 Å². The van der Waals surface area contributed by atoms with E-state index in [9.17, 15) is 9.59 Å². The molecule has 0 aliphatic carbocycles. The maximum absolute atomic E-state index is 12.9. The average molecular weight is 469 g/mol. The first-order valence-corrected chi connectivity index (χ1v) is 12.8. The van der Waals surface area contributed by atoms with Gasteiger partial charge in [0.1, 0.15) is 0 Å². The fraction of sp³-hybridized carbons (Fsp3) is 0.375. The van der Waals surface area contributed by atoms with Crippen LogP contribution in [-0.2, 0) is 10.5 Å². The summed E-state index contributed by atoms with van der Waals surface area (Å²) in [7, 11) is 0. The van der Waals surface area contributed by atoms with Gasteiger partial charge in [-0.3, -0.25) is 14.5 Å². The number of carbonyl (C=O) groups is 2. The third kappa shape index (κ3) is 5.88. The standard InChI is InChI=1S/C24H28N4O2S2/c1-2-11-25-22(29)16-27-12-14-28(15-13-27)23(30)19-9-7-18(8-10-19)17-31-24-26-20-5-3-4-6-21(20)32-24/h3-10H,2,11-17H2,1H3,(H,25,29). The molecule has 0 spiro atoms. The second-order valence-corrected chi connectivity index (χ2v) is 10.1. The Morgan fingerprint density at radius 1 is 1.06 bits per heavy atom. The molecule has 1 aliphatic rings. The Morgan fingerprint density at radius 2 is 1.81 bits per heavy atom. The minimum Gasteiger partial charge on any atom is -0.355 e. The van der Waals surface area contributed by atoms with Gasteiger partial charge in [0.25, 0.3) is 5.91 Å². The highest BCUT2D eigenvalue weighted by molar-refractivity contribution is 8.00. The molecule has 4 rings (SSSR count). The summed E-state index contributed by atoms with van der Waals surface area (Å²) < 4.78 is 2.27. The van der Waals surface area contributed by atoms with Crippen molar-refractivity contribution in [1.82, 2.24) is 20.1 Å². The lowest BCUT2D eigenvalue weighted by atomic mass is 10.1. The van der Waals surface area contributed by atoms with Crippen molar-refractivity contribution in [2.45, 2.75) is 23.4 Å². The minimum atomic E-state index is 0.0606. The number of hydrogen-bond donors (Lipinski definition) is 1. The van der Waals surface area contributed by atoms with Crippen LogP contribution in [0.2, 0.25) is 0 Å². The summed E-state index contributed by atoms with van der Waals surface area (Å²) in [4.78, 5) is 33.4. The first kappa shape index (κ1) is 22.8. The summed E-state index contributed by atoms with van der Waals surface area (Å²) in [6.45, 7) is 5.91. The predicted octanol–water partition coefficient (Wildman–Crippen LogP) is 3.87. The van der Waals surface area contributed by atoms with Gasteiger partial charge in [-0.1, -0.05) is 43.0 Å². The highest BCUT2D eigenvalue weighted by Crippen LogP contribution is 2.31. The Balaban J connectivity index is 1.25. The minimum absolute atomic E-state index is 0.0606. The molecule has 1 fully saturated rings. The summed E-state index contributed by atoms with van der Waals surface area (Å²) in [5.41, 5.74) is 2.93. The molecule has 0 atom stereocenters. The number of thiazole rings is 1. The normalized spacial score (nSPS) is 14.6. The monoisotopic (exact) mass is 468 g/mol. The van der Waals surface area contributed by atoms with Crippen LogP contribution >= 0.6 is 23.1 Å². The topological polar surface area (TPSA) is 65.5 Å². The van der Waals surface area contributed by atoms with Gasteiger partial charge in [-0.25, -0.2) is 4.98 Å². The fourth-order valence-electron chi connectivity index (χ4n) is 3.62. The van der Waals surface area contributed by atoms with Gasteiger partial charge in [-0.05, 0) is 36.2 Å². The molecule has 1 saturated heterocycles. The van der Waals surface area contributed by atoms with Gasteiger partial charge >= 0.3 is 0 Å². The Morgan fingerprint density at radius 3 is 2.53 bits per heavy atom. The van der Waals surface area contributed by atoms with E-state index in [0.717, 1.165) is 35.1 Å². The van der Waals surface area contributed by atoms with E-state index >= 15 is 0 Å². The molecule has 6 nitrogen and oxygen atoms in total. The number of para-hydroxylation sites is 1. The van der Waals surface area contributed by atoms with Crippen LogP contribution in [0.15, 0.2) is 52.9 Å². The van der Waals surface area contributed by atoms with Crippen LogP contribution in [0.1, 0.15) is 29.3 Å². The molecule has 3 aromatic rings. The highest BCUT2D eigenvalue weighted by atomic mass is 32.2. The van der Waals surface area contributed by atoms with E-state index in [-0.39, 0.29) is 11.8 Å². The average Bonchev–Trinajstić information content (AvgIpc) is 3.25. The van der Waals surface area contributed by atoms with Crippen molar-refractivity contribution in [1.29, 1.82) is 0 Å². The van der Waals surface area contributed by atoms with E-state index in [2.05, 4.69) is 21.3 Å². The van der Waals surface area contributed by atoms with Crippen molar-refractivity contribution in [2.75, 3.05) is 39.3 Å². The number of nitrogens with zero attached hydrogens (tertiary/aromatic N) is 3. The van der Waals surface area contributed by atoms with E-state index in [4.69, 9.17) is 0 Å². The molecule has 2 heterocycles. The SMILES string of the molecule is CCCNC(=O)CN1CCN(C(=O)c2ccc(CSc3nc4ccccc4s3)cc2)CC1. The fourth-order valence-corrected chi connectivity index (χ4v) is 5.64. The lowest BCUT2D eigenvalue weighted by Gasteiger charge is -2.34. The van der Waals surface area contributed by atoms with Crippen molar-refractivity contribution in [3.05, 3.63) is 59.7 Å². The summed E-state index contributed by atoms with van der Waals surface area (Å²) in [5.74, 6) is 0.948. The van der Waals surface area contributed by atoms with Gasteiger partial charge in [-0.2, -0.15) is 0 Å². The molecule has 0 saturated carbocycles. The molecule has 8 heteroatoms. The number of hydrogen-bond acceptors (Lipinski definition) is 6. The largest absolute Gasteiger partial charge is 0.355 e. The van der Waals surface area contributed by atoms with Crippen molar-refractivity contribution in [3.63, 3.8) is 0 Å². The second kappa shape index (κ2) is 10.9. The number of benzene rings is 2. The summed E-state index contributed by atoms with van der Waals surface area (Å²) in [6.07, 6.45) is 0.938. The molecular formula is C24H28N4O2S2. The molecule has 0 bridgehead atoms. The van der Waals surface area contributed by atoms with E-state index in [1.165, 1.54) is 10.3 Å². The number of nitrogens with one attached hydrogen (secondary N) is 1. The molecular weight excluding hydrogens is 440 g/mol. The lowest BCUT2D eigenvalue weighted by molar-refractivity contribution is -0.122. The van der Waals surface area contributed by atoms with Crippen LogP contribution in [0.5, 0.6) is 0 Å². The van der Waals surface area contributed by atoms with Gasteiger partial charge in [0.2, 0.25) is 5.91 Å². The molecule has 2 amide bonds. The quantitative estimate of drug-likeness (QED) is 0.509. The maximum Gasteiger partial charge on any atom is 0.253 e. The molecule has 168 valence electrons. The smallest absolute Gasteiger partial charge is 0.253 e. The molecule has 1 N–H and O–H groups in total. The van der Waals surface area contributed by atoms with Crippen LogP contribution in [0.25, 0.3) is 10.2 Å². The first-order chi connectivity index (χ1) is 15.6. The van der Waals surface area contributed by atoms with Crippen LogP contribution in [0.3, 0.4) is 0 Å². The zero-order valence-electron chi connectivity index (χ0n) is 18.3. The number of amides is 2. The van der Waals surface area contributed by atoms with E-state index in [1.54, 1.807) is 23.1 Å². The van der Waals surface area contributed by atoms with Crippen LogP contribution in [0.4, 0.5) is 0 Å². The Kier molecular flexibility index (Phi) is 7.78. The van der Waals surface area contributed by atoms with Gasteiger partial charge in [0.15, 0.2) is 4.34 Å². The van der Waals surface area contributed by atoms with Gasteiger partial charge in [0.05, 0.1) is 16.8 Å². The third-order valence-corrected chi connectivity index (χ3v) is 7.69. The summed E-state index contributed by atoms with van der Waals surface area (Å²) in [6, 6.07) is 16.1. The molecule has 2 aromatic carbocycles. The number of aromatic nitrogens is 1. The molecule has 0 unspecified atom stereocenters. The third-order valence-electron chi connectivity index (χ3n) is 5.44. The van der Waals surface area contributed by atoms with Gasteiger partial charge < -0.3 is 10.2 Å². The number of fused-ring (bicyclic) bond motifs is 1. The lowest BCUT2D eigenvalue weighted by Crippen LogP contribution is -2.51. The molecule has 1 aliphatic heterocycles. The van der Waals surface area contributed by atoms with E-state index < -0.39 is 0 Å². The van der Waals surface area contributed by atoms with Crippen LogP contribution < -0.4 is 5.32 Å². The number of thioether (sulfide) groups is 1.